The molecule has 0 saturated carbocycles. The molecule has 1 heterocycles. The molecule has 7 heteroatoms. The second kappa shape index (κ2) is 6.28. The Hall–Kier alpha value is -1.86. The molecule has 0 atom stereocenters. The van der Waals surface area contributed by atoms with E-state index in [0.717, 1.165) is 5.56 Å². The molecule has 0 radical (unpaired) electrons. The second-order valence-electron chi connectivity index (χ2n) is 4.83. The Morgan fingerprint density at radius 1 is 1.29 bits per heavy atom. The molecule has 0 bridgehead atoms. The number of aryl methyl sites for hydroxylation is 1. The molecule has 0 amide bonds. The largest absolute Gasteiger partial charge is 0.339 e. The Bertz CT molecular complexity index is 692. The standard InChI is InChI=1S/C14H20N4O2S/c1-3-8-18(13-6-4-12(9-15)5-7-13)21(19,20)14-10-17(2)11-16-14/h4-7,10-11H,3,8-9,15H2,1-2H3. The summed E-state index contributed by atoms with van der Waals surface area (Å²) in [5.41, 5.74) is 7.16. The fourth-order valence-electron chi connectivity index (χ4n) is 2.02. The number of hydrogen-bond donors (Lipinski definition) is 1. The van der Waals surface area contributed by atoms with E-state index < -0.39 is 10.0 Å². The number of hydrogen-bond acceptors (Lipinski definition) is 4. The van der Waals surface area contributed by atoms with E-state index in [-0.39, 0.29) is 5.03 Å². The molecule has 2 N–H and O–H groups in total. The highest BCUT2D eigenvalue weighted by molar-refractivity contribution is 7.92. The van der Waals surface area contributed by atoms with E-state index in [2.05, 4.69) is 4.98 Å². The Labute approximate surface area is 125 Å². The quantitative estimate of drug-likeness (QED) is 0.876. The third-order valence-corrected chi connectivity index (χ3v) is 4.84. The SMILES string of the molecule is CCCN(c1ccc(CN)cc1)S(=O)(=O)c1cn(C)cn1. The Morgan fingerprint density at radius 3 is 2.43 bits per heavy atom. The summed E-state index contributed by atoms with van der Waals surface area (Å²) < 4.78 is 28.4. The predicted molar refractivity (Wildman–Crippen MR) is 82.4 cm³/mol. The summed E-state index contributed by atoms with van der Waals surface area (Å²) in [5.74, 6) is 0. The van der Waals surface area contributed by atoms with Gasteiger partial charge in [0.25, 0.3) is 10.0 Å². The number of nitrogens with two attached hydrogens (primary N) is 1. The lowest BCUT2D eigenvalue weighted by molar-refractivity contribution is 0.587. The minimum absolute atomic E-state index is 0.0568. The smallest absolute Gasteiger partial charge is 0.283 e. The van der Waals surface area contributed by atoms with E-state index in [1.54, 1.807) is 23.7 Å². The molecule has 0 unspecified atom stereocenters. The summed E-state index contributed by atoms with van der Waals surface area (Å²) in [7, 11) is -1.90. The van der Waals surface area contributed by atoms with Crippen LogP contribution in [-0.4, -0.2) is 24.5 Å². The number of aromatic nitrogens is 2. The summed E-state index contributed by atoms with van der Waals surface area (Å²) in [6, 6.07) is 7.23. The van der Waals surface area contributed by atoms with Crippen LogP contribution in [0.4, 0.5) is 5.69 Å². The van der Waals surface area contributed by atoms with Gasteiger partial charge in [-0.3, -0.25) is 4.31 Å². The number of imidazole rings is 1. The van der Waals surface area contributed by atoms with E-state index in [1.807, 2.05) is 19.1 Å². The van der Waals surface area contributed by atoms with Crippen LogP contribution in [0.25, 0.3) is 0 Å². The molecule has 0 aliphatic rings. The first kappa shape index (κ1) is 15.5. The van der Waals surface area contributed by atoms with Gasteiger partial charge in [-0.1, -0.05) is 19.1 Å². The Kier molecular flexibility index (Phi) is 4.64. The van der Waals surface area contributed by atoms with Crippen LogP contribution >= 0.6 is 0 Å². The number of rotatable bonds is 6. The molecule has 0 saturated heterocycles. The van der Waals surface area contributed by atoms with Crippen LogP contribution < -0.4 is 10.0 Å². The molecular weight excluding hydrogens is 288 g/mol. The van der Waals surface area contributed by atoms with E-state index in [1.165, 1.54) is 16.8 Å². The van der Waals surface area contributed by atoms with E-state index in [4.69, 9.17) is 5.73 Å². The molecule has 6 nitrogen and oxygen atoms in total. The van der Waals surface area contributed by atoms with Crippen molar-refractivity contribution in [3.05, 3.63) is 42.4 Å². The summed E-state index contributed by atoms with van der Waals surface area (Å²) in [6.07, 6.45) is 3.70. The molecule has 1 aromatic heterocycles. The van der Waals surface area contributed by atoms with Gasteiger partial charge in [-0.05, 0) is 24.1 Å². The van der Waals surface area contributed by atoms with E-state index >= 15 is 0 Å². The first-order valence-corrected chi connectivity index (χ1v) is 8.22. The van der Waals surface area contributed by atoms with Crippen molar-refractivity contribution < 1.29 is 8.42 Å². The minimum atomic E-state index is -3.64. The number of anilines is 1. The van der Waals surface area contributed by atoms with Gasteiger partial charge in [-0.25, -0.2) is 4.98 Å². The monoisotopic (exact) mass is 308 g/mol. The average molecular weight is 308 g/mol. The van der Waals surface area contributed by atoms with Crippen molar-refractivity contribution >= 4 is 15.7 Å². The van der Waals surface area contributed by atoms with Crippen LogP contribution in [0.3, 0.4) is 0 Å². The van der Waals surface area contributed by atoms with Crippen molar-refractivity contribution in [1.29, 1.82) is 0 Å². The lowest BCUT2D eigenvalue weighted by Crippen LogP contribution is -2.32. The molecule has 0 aliphatic carbocycles. The average Bonchev–Trinajstić information content (AvgIpc) is 2.92. The van der Waals surface area contributed by atoms with Gasteiger partial charge in [0.2, 0.25) is 0 Å². The third-order valence-electron chi connectivity index (χ3n) is 3.12. The maximum absolute atomic E-state index is 12.7. The normalized spacial score (nSPS) is 11.6. The van der Waals surface area contributed by atoms with Crippen molar-refractivity contribution in [2.45, 2.75) is 24.9 Å². The summed E-state index contributed by atoms with van der Waals surface area (Å²) >= 11 is 0. The highest BCUT2D eigenvalue weighted by atomic mass is 32.2. The maximum Gasteiger partial charge on any atom is 0.283 e. The Morgan fingerprint density at radius 2 is 1.95 bits per heavy atom. The van der Waals surface area contributed by atoms with Crippen LogP contribution in [-0.2, 0) is 23.6 Å². The molecule has 0 spiro atoms. The molecule has 21 heavy (non-hydrogen) atoms. The second-order valence-corrected chi connectivity index (χ2v) is 6.63. The number of sulfonamides is 1. The van der Waals surface area contributed by atoms with Crippen molar-refractivity contribution in [3.8, 4) is 0 Å². The van der Waals surface area contributed by atoms with Crippen molar-refractivity contribution in [1.82, 2.24) is 9.55 Å². The van der Waals surface area contributed by atoms with Gasteiger partial charge in [0.05, 0.1) is 12.0 Å². The molecule has 2 aromatic rings. The molecule has 114 valence electrons. The molecule has 2 rings (SSSR count). The van der Waals surface area contributed by atoms with Gasteiger partial charge < -0.3 is 10.3 Å². The number of benzene rings is 1. The molecule has 0 aliphatic heterocycles. The zero-order valence-corrected chi connectivity index (χ0v) is 13.0. The lowest BCUT2D eigenvalue weighted by atomic mass is 10.2. The first-order valence-electron chi connectivity index (χ1n) is 6.78. The highest BCUT2D eigenvalue weighted by Crippen LogP contribution is 2.23. The molecular formula is C14H20N4O2S. The van der Waals surface area contributed by atoms with E-state index in [0.29, 0.717) is 25.2 Å². The van der Waals surface area contributed by atoms with Crippen LogP contribution in [0.1, 0.15) is 18.9 Å². The first-order chi connectivity index (χ1) is 9.98. The van der Waals surface area contributed by atoms with Crippen molar-refractivity contribution in [2.24, 2.45) is 12.8 Å². The predicted octanol–water partition coefficient (Wildman–Crippen LogP) is 1.48. The molecule has 0 fully saturated rings. The van der Waals surface area contributed by atoms with Gasteiger partial charge in [-0.2, -0.15) is 8.42 Å². The zero-order chi connectivity index (χ0) is 15.5. The van der Waals surface area contributed by atoms with Crippen molar-refractivity contribution in [2.75, 3.05) is 10.8 Å². The highest BCUT2D eigenvalue weighted by Gasteiger charge is 2.26. The third kappa shape index (κ3) is 3.25. The van der Waals surface area contributed by atoms with Gasteiger partial charge in [0, 0.05) is 26.3 Å². The topological polar surface area (TPSA) is 81.2 Å². The fraction of sp³-hybridized carbons (Fsp3) is 0.357. The summed E-state index contributed by atoms with van der Waals surface area (Å²) in [5, 5.41) is 0.0568. The van der Waals surface area contributed by atoms with Crippen molar-refractivity contribution in [3.63, 3.8) is 0 Å². The van der Waals surface area contributed by atoms with E-state index in [9.17, 15) is 8.42 Å². The van der Waals surface area contributed by atoms with Crippen LogP contribution in [0.15, 0.2) is 41.8 Å². The van der Waals surface area contributed by atoms with Gasteiger partial charge >= 0.3 is 0 Å². The lowest BCUT2D eigenvalue weighted by Gasteiger charge is -2.23. The van der Waals surface area contributed by atoms with Gasteiger partial charge in [-0.15, -0.1) is 0 Å². The maximum atomic E-state index is 12.7. The minimum Gasteiger partial charge on any atom is -0.339 e. The van der Waals surface area contributed by atoms with Crippen LogP contribution in [0, 0.1) is 0 Å². The summed E-state index contributed by atoms with van der Waals surface area (Å²) in [4.78, 5) is 3.96. The van der Waals surface area contributed by atoms with Crippen LogP contribution in [0.2, 0.25) is 0 Å². The zero-order valence-electron chi connectivity index (χ0n) is 12.2. The van der Waals surface area contributed by atoms with Gasteiger partial charge in [0.15, 0.2) is 5.03 Å². The number of nitrogens with zero attached hydrogens (tertiary/aromatic N) is 3. The van der Waals surface area contributed by atoms with Gasteiger partial charge in [0.1, 0.15) is 0 Å². The Balaban J connectivity index is 2.41. The molecule has 1 aromatic carbocycles. The fourth-order valence-corrected chi connectivity index (χ4v) is 3.55. The van der Waals surface area contributed by atoms with Crippen LogP contribution in [0.5, 0.6) is 0 Å². The summed E-state index contributed by atoms with van der Waals surface area (Å²) in [6.45, 7) is 2.77.